The standard InChI is InChI=1S/C24H24F3N5O2.2C24H25F2N5O2.C23H22F3N5O3/c1-12-6-8-14(25)10-17(12)24(34)30-11-13-7-9-16(20(27)19(13)26)21-18(23(29)33)22(28)32(31-21)15-4-2-3-5-15;1-13-6-2-5-9-16(13)24(33)29-12-14-10-19(26)17(11-18(14)25)21-20(23(28)32)22(27)31(30-21)15-7-3-4-8-15;1-13-6-2-5-9-16(13)24(33)29-12-14-10-11-17(20(26)19(14)25)21-18(23(28)32)22(27)31(30-21)15-7-3-4-8-15;1-11-2-3-13(24)7-15(11)23(33)29-9-12-6-18(26)16(8-17(12)25)20-19(22(28)32)21(27)31(30-20)14-4-5-34-10-14/h6-10,15H,2-5,11,28H2,1H3,(H2,29,33)(H,30,34);2*2,5-6,9-11,15H,3-4,7-8,12,27H2,1H3,(H2,28,32)(H,29,33);2-3,6-8,14H,4-5,9-10,27H2,1H3,(H2,28,32)(H,29,33). The predicted molar refractivity (Wildman–Crippen MR) is 478 cm³/mol. The Morgan fingerprint density at radius 3 is 0.925 bits per heavy atom. The Balaban J connectivity index is 0.000000152. The van der Waals surface area contributed by atoms with Crippen molar-refractivity contribution in [1.29, 1.82) is 0 Å². The van der Waals surface area contributed by atoms with E-state index in [9.17, 15) is 64.7 Å². The van der Waals surface area contributed by atoms with Crippen molar-refractivity contribution < 1.29 is 87.0 Å². The summed E-state index contributed by atoms with van der Waals surface area (Å²) in [5.74, 6) is -14.7. The van der Waals surface area contributed by atoms with Crippen molar-refractivity contribution >= 4 is 70.5 Å². The molecule has 4 aliphatic rings. The Morgan fingerprint density at radius 1 is 0.328 bits per heavy atom. The van der Waals surface area contributed by atoms with Crippen LogP contribution in [0.25, 0.3) is 45.0 Å². The largest absolute Gasteiger partial charge is 0.383 e. The van der Waals surface area contributed by atoms with Crippen LogP contribution in [-0.4, -0.2) is 99.6 Å². The van der Waals surface area contributed by atoms with Crippen LogP contribution >= 0.6 is 0 Å². The number of halogens is 10. The number of hydrogen-bond donors (Lipinski definition) is 12. The third-order valence-electron chi connectivity index (χ3n) is 24.1. The van der Waals surface area contributed by atoms with E-state index < -0.39 is 105 Å². The number of aromatic nitrogens is 8. The Bertz CT molecular complexity index is 6310. The van der Waals surface area contributed by atoms with Gasteiger partial charge in [0.05, 0.1) is 30.8 Å². The second-order valence-corrected chi connectivity index (χ2v) is 32.9. The van der Waals surface area contributed by atoms with Gasteiger partial charge in [0.15, 0.2) is 23.3 Å². The molecule has 39 heteroatoms. The van der Waals surface area contributed by atoms with Crippen molar-refractivity contribution in [2.24, 2.45) is 22.9 Å². The van der Waals surface area contributed by atoms with Gasteiger partial charge in [-0.15, -0.1) is 0 Å². The van der Waals surface area contributed by atoms with Crippen LogP contribution < -0.4 is 67.1 Å². The van der Waals surface area contributed by atoms with Gasteiger partial charge in [0.25, 0.3) is 47.3 Å². The maximum absolute atomic E-state index is 15.1. The van der Waals surface area contributed by atoms with Gasteiger partial charge >= 0.3 is 0 Å². The second kappa shape index (κ2) is 41.5. The molecule has 12 aromatic rings. The summed E-state index contributed by atoms with van der Waals surface area (Å²) in [5.41, 5.74) is 47.6. The predicted octanol–water partition coefficient (Wildman–Crippen LogP) is 14.6. The highest BCUT2D eigenvalue weighted by molar-refractivity contribution is 6.06. The summed E-state index contributed by atoms with van der Waals surface area (Å²) in [4.78, 5) is 97.8. The molecule has 3 aliphatic carbocycles. The number of nitrogens with zero attached hydrogens (tertiary/aromatic N) is 8. The monoisotopic (exact) mass is 1850 g/mol. The van der Waals surface area contributed by atoms with Gasteiger partial charge in [-0.05, 0) is 168 Å². The molecule has 5 heterocycles. The van der Waals surface area contributed by atoms with Gasteiger partial charge in [-0.25, -0.2) is 62.6 Å². The number of amides is 8. The molecule has 0 spiro atoms. The van der Waals surface area contributed by atoms with E-state index in [1.807, 2.05) is 0 Å². The summed E-state index contributed by atoms with van der Waals surface area (Å²) in [6.45, 7) is 6.52. The number of hydrogen-bond acceptors (Lipinski definition) is 17. The van der Waals surface area contributed by atoms with Gasteiger partial charge in [-0.1, -0.05) is 99.2 Å². The maximum atomic E-state index is 15.1. The average Bonchev–Trinajstić information content (AvgIpc) is 1.65. The zero-order valence-electron chi connectivity index (χ0n) is 73.1. The van der Waals surface area contributed by atoms with E-state index in [4.69, 9.17) is 50.6 Å². The van der Waals surface area contributed by atoms with Crippen LogP contribution in [0.3, 0.4) is 0 Å². The zero-order valence-corrected chi connectivity index (χ0v) is 73.1. The fourth-order valence-corrected chi connectivity index (χ4v) is 16.8. The smallest absolute Gasteiger partial charge is 0.254 e. The summed E-state index contributed by atoms with van der Waals surface area (Å²) in [7, 11) is 0. The van der Waals surface area contributed by atoms with Gasteiger partial charge in [-0.2, -0.15) is 20.4 Å². The first kappa shape index (κ1) is 96.4. The number of carbonyl (C=O) groups is 8. The van der Waals surface area contributed by atoms with Crippen LogP contribution in [0, 0.1) is 85.9 Å². The molecule has 4 fully saturated rings. The summed E-state index contributed by atoms with van der Waals surface area (Å²) in [6.07, 6.45) is 11.5. The van der Waals surface area contributed by atoms with E-state index >= 15 is 17.6 Å². The number of rotatable bonds is 24. The SMILES string of the molecule is Cc1ccc(F)cc1C(=O)NCc1cc(F)c(-c2nn(C3CCOC3)c(N)c2C(N)=O)cc1F.Cc1ccc(F)cc1C(=O)NCc1ccc(-c2nn(C3CCCC3)c(N)c2C(N)=O)c(F)c1F.Cc1ccccc1C(=O)NCc1cc(F)c(-c2nn(C3CCCC3)c(N)c2C(N)=O)cc1F.Cc1ccccc1C(=O)NCc1ccc(-c2nn(C3CCCC3)c(N)c2C(N)=O)c(F)c1F. The van der Waals surface area contributed by atoms with E-state index in [2.05, 4.69) is 41.7 Å². The topological polar surface area (TPSA) is 473 Å². The fourth-order valence-electron chi connectivity index (χ4n) is 16.8. The molecule has 1 aliphatic heterocycles. The number of nitrogens with one attached hydrogen (secondary N) is 4. The molecule has 16 rings (SSSR count). The molecule has 1 saturated heterocycles. The van der Waals surface area contributed by atoms with Crippen molar-refractivity contribution in [3.63, 3.8) is 0 Å². The van der Waals surface area contributed by atoms with E-state index in [1.54, 1.807) is 76.2 Å². The summed E-state index contributed by atoms with van der Waals surface area (Å²) < 4.78 is 158. The lowest BCUT2D eigenvalue weighted by Gasteiger charge is -2.11. The Kier molecular flexibility index (Phi) is 29.9. The molecular formula is C95H96F10N20O9. The minimum Gasteiger partial charge on any atom is -0.383 e. The highest BCUT2D eigenvalue weighted by Gasteiger charge is 2.36. The van der Waals surface area contributed by atoms with Crippen LogP contribution in [0.4, 0.5) is 67.2 Å². The lowest BCUT2D eigenvalue weighted by molar-refractivity contribution is 0.0941. The van der Waals surface area contributed by atoms with Gasteiger partial charge in [-0.3, -0.25) is 38.4 Å². The van der Waals surface area contributed by atoms with Crippen molar-refractivity contribution in [3.8, 4) is 45.0 Å². The molecular weight excluding hydrogens is 1760 g/mol. The van der Waals surface area contributed by atoms with Crippen LogP contribution in [0.1, 0.15) is 235 Å². The number of benzene rings is 8. The molecule has 20 N–H and O–H groups in total. The van der Waals surface area contributed by atoms with E-state index in [0.717, 1.165) is 125 Å². The molecule has 0 bridgehead atoms. The van der Waals surface area contributed by atoms with Crippen molar-refractivity contribution in [2.75, 3.05) is 36.1 Å². The maximum Gasteiger partial charge on any atom is 0.254 e. The summed E-state index contributed by atoms with van der Waals surface area (Å²) >= 11 is 0. The Morgan fingerprint density at radius 2 is 0.619 bits per heavy atom. The number of carbonyl (C=O) groups excluding carboxylic acids is 8. The van der Waals surface area contributed by atoms with Crippen LogP contribution in [0.5, 0.6) is 0 Å². The molecule has 8 aromatic carbocycles. The third-order valence-corrected chi connectivity index (χ3v) is 24.1. The Labute approximate surface area is 760 Å². The average molecular weight is 1850 g/mol. The van der Waals surface area contributed by atoms with Crippen LogP contribution in [0.2, 0.25) is 0 Å². The lowest BCUT2D eigenvalue weighted by Crippen LogP contribution is -2.24. The summed E-state index contributed by atoms with van der Waals surface area (Å²) in [5, 5.41) is 27.4. The highest BCUT2D eigenvalue weighted by atomic mass is 19.2. The van der Waals surface area contributed by atoms with Gasteiger partial charge in [0.2, 0.25) is 0 Å². The van der Waals surface area contributed by atoms with Gasteiger partial charge in [0, 0.05) is 99.5 Å². The quantitative estimate of drug-likeness (QED) is 0.0250. The molecule has 134 heavy (non-hydrogen) atoms. The molecule has 3 saturated carbocycles. The lowest BCUT2D eigenvalue weighted by atomic mass is 10.0. The second-order valence-electron chi connectivity index (χ2n) is 32.9. The number of ether oxygens (including phenoxy) is 1. The van der Waals surface area contributed by atoms with Gasteiger partial charge in [0.1, 0.15) is 103 Å². The number of anilines is 4. The third kappa shape index (κ3) is 20.7. The van der Waals surface area contributed by atoms with E-state index in [1.165, 1.54) is 67.3 Å². The zero-order chi connectivity index (χ0) is 96.5. The van der Waals surface area contributed by atoms with Crippen molar-refractivity contribution in [3.05, 3.63) is 281 Å². The van der Waals surface area contributed by atoms with Crippen LogP contribution in [0.15, 0.2) is 133 Å². The number of nitrogen functional groups attached to an aromatic ring is 4. The number of nitrogens with two attached hydrogens (primary N) is 8. The molecule has 1 unspecified atom stereocenters. The molecule has 700 valence electrons. The first-order valence-electron chi connectivity index (χ1n) is 42.9. The number of aryl methyl sites for hydroxylation is 4. The molecule has 8 amide bonds. The molecule has 4 aromatic heterocycles. The van der Waals surface area contributed by atoms with Crippen molar-refractivity contribution in [1.82, 2.24) is 60.4 Å². The fraction of sp³-hybridized carbons (Fsp3) is 0.284. The van der Waals surface area contributed by atoms with Crippen LogP contribution in [-0.2, 0) is 30.9 Å². The first-order chi connectivity index (χ1) is 63.9. The molecule has 29 nitrogen and oxygen atoms in total. The summed E-state index contributed by atoms with van der Waals surface area (Å²) in [6, 6.07) is 30.0. The minimum atomic E-state index is -1.24. The minimum absolute atomic E-state index is 0.0133. The first-order valence-corrected chi connectivity index (χ1v) is 42.9. The number of primary amides is 4. The van der Waals surface area contributed by atoms with E-state index in [0.29, 0.717) is 41.9 Å². The van der Waals surface area contributed by atoms with Crippen molar-refractivity contribution in [2.45, 2.75) is 162 Å². The molecule has 1 atom stereocenters. The highest BCUT2D eigenvalue weighted by Crippen LogP contribution is 2.42. The van der Waals surface area contributed by atoms with Gasteiger partial charge < -0.3 is 71.9 Å². The van der Waals surface area contributed by atoms with E-state index in [-0.39, 0.29) is 174 Å². The molecule has 0 radical (unpaired) electrons. The normalized spacial score (nSPS) is 14.3. The Hall–Kier alpha value is -15.2.